The molecule has 0 aromatic heterocycles. The molecule has 4 rings (SSSR count). The molecule has 162 valence electrons. The Labute approximate surface area is 174 Å². The zero-order valence-corrected chi connectivity index (χ0v) is 19.4. The molecule has 0 aromatic rings. The summed E-state index contributed by atoms with van der Waals surface area (Å²) in [5.74, 6) is 0.697. The number of ether oxygens (including phenoxy) is 2. The molecule has 3 unspecified atom stereocenters. The molecule has 0 aliphatic heterocycles. The van der Waals surface area contributed by atoms with Crippen LogP contribution >= 0.6 is 0 Å². The predicted molar refractivity (Wildman–Crippen MR) is 116 cm³/mol. The highest BCUT2D eigenvalue weighted by molar-refractivity contribution is 5.09. The maximum absolute atomic E-state index is 7.02. The van der Waals surface area contributed by atoms with Crippen LogP contribution in [0.15, 0.2) is 0 Å². The normalized spacial score (nSPS) is 41.2. The van der Waals surface area contributed by atoms with Crippen molar-refractivity contribution in [2.75, 3.05) is 13.2 Å². The van der Waals surface area contributed by atoms with Crippen molar-refractivity contribution in [3.63, 3.8) is 0 Å². The summed E-state index contributed by atoms with van der Waals surface area (Å²) in [5.41, 5.74) is 1.52. The van der Waals surface area contributed by atoms with Gasteiger partial charge in [0.05, 0.1) is 18.8 Å². The van der Waals surface area contributed by atoms with Crippen molar-refractivity contribution in [2.45, 2.75) is 124 Å². The molecule has 2 spiro atoms. The molecule has 0 saturated heterocycles. The van der Waals surface area contributed by atoms with Gasteiger partial charge in [-0.25, -0.2) is 0 Å². The van der Waals surface area contributed by atoms with Crippen LogP contribution in [-0.2, 0) is 9.47 Å². The van der Waals surface area contributed by atoms with Gasteiger partial charge in [-0.1, -0.05) is 53.4 Å². The standard InChI is InChI=1S/C26H46O2/c1-6-27-22-24(4,5)16-18-26(22)14-10-11-20(26)19-28-21-23(2,3)15-17-25(21)12-8-7-9-13-25/h20-22H,6-19H2,1-5H3/t20-,21?,22?,26?/m1/s1. The molecule has 4 atom stereocenters. The summed E-state index contributed by atoms with van der Waals surface area (Å²) in [5, 5.41) is 0. The Hall–Kier alpha value is -0.0800. The molecule has 0 bridgehead atoms. The molecule has 2 nitrogen and oxygen atoms in total. The van der Waals surface area contributed by atoms with Crippen LogP contribution in [0.25, 0.3) is 0 Å². The lowest BCUT2D eigenvalue weighted by Gasteiger charge is -2.45. The lowest BCUT2D eigenvalue weighted by Crippen LogP contribution is -2.46. The third-order valence-corrected chi connectivity index (χ3v) is 9.65. The fraction of sp³-hybridized carbons (Fsp3) is 1.00. The molecule has 0 aromatic carbocycles. The van der Waals surface area contributed by atoms with Crippen LogP contribution in [0.1, 0.15) is 112 Å². The molecule has 2 heteroatoms. The van der Waals surface area contributed by atoms with E-state index in [-0.39, 0.29) is 0 Å². The monoisotopic (exact) mass is 390 g/mol. The van der Waals surface area contributed by atoms with Crippen molar-refractivity contribution >= 4 is 0 Å². The topological polar surface area (TPSA) is 18.5 Å². The first-order valence-electron chi connectivity index (χ1n) is 12.5. The molecular formula is C26H46O2. The van der Waals surface area contributed by atoms with Gasteiger partial charge in [0.2, 0.25) is 0 Å². The van der Waals surface area contributed by atoms with Gasteiger partial charge in [-0.3, -0.25) is 0 Å². The highest BCUT2D eigenvalue weighted by atomic mass is 16.5. The molecule has 28 heavy (non-hydrogen) atoms. The van der Waals surface area contributed by atoms with Crippen LogP contribution in [0.4, 0.5) is 0 Å². The van der Waals surface area contributed by atoms with Gasteiger partial charge in [0, 0.05) is 12.0 Å². The van der Waals surface area contributed by atoms with Crippen LogP contribution < -0.4 is 0 Å². The summed E-state index contributed by atoms with van der Waals surface area (Å²) in [6, 6.07) is 0. The van der Waals surface area contributed by atoms with Crippen LogP contribution in [0.3, 0.4) is 0 Å². The van der Waals surface area contributed by atoms with Gasteiger partial charge in [0.25, 0.3) is 0 Å². The summed E-state index contributed by atoms with van der Waals surface area (Å²) >= 11 is 0. The summed E-state index contributed by atoms with van der Waals surface area (Å²) in [6.07, 6.45) is 17.5. The summed E-state index contributed by atoms with van der Waals surface area (Å²) < 4.78 is 13.5. The maximum Gasteiger partial charge on any atom is 0.0685 e. The third-order valence-electron chi connectivity index (χ3n) is 9.65. The van der Waals surface area contributed by atoms with Crippen LogP contribution in [-0.4, -0.2) is 25.4 Å². The van der Waals surface area contributed by atoms with E-state index in [1.54, 1.807) is 0 Å². The Balaban J connectivity index is 1.50. The largest absolute Gasteiger partial charge is 0.377 e. The van der Waals surface area contributed by atoms with Crippen molar-refractivity contribution in [3.8, 4) is 0 Å². The Morgan fingerprint density at radius 2 is 1.36 bits per heavy atom. The average molecular weight is 391 g/mol. The van der Waals surface area contributed by atoms with E-state index in [4.69, 9.17) is 9.47 Å². The lowest BCUT2D eigenvalue weighted by atomic mass is 9.68. The molecule has 4 saturated carbocycles. The minimum absolute atomic E-state index is 0.315. The zero-order chi connectivity index (χ0) is 20.0. The van der Waals surface area contributed by atoms with Crippen molar-refractivity contribution in [1.29, 1.82) is 0 Å². The molecule has 4 aliphatic carbocycles. The molecule has 0 N–H and O–H groups in total. The van der Waals surface area contributed by atoms with E-state index in [0.717, 1.165) is 13.2 Å². The van der Waals surface area contributed by atoms with Crippen LogP contribution in [0, 0.1) is 27.6 Å². The molecule has 4 aliphatic rings. The first-order chi connectivity index (χ1) is 13.3. The fourth-order valence-electron chi connectivity index (χ4n) is 8.29. The second-order valence-electron chi connectivity index (χ2n) is 12.3. The van der Waals surface area contributed by atoms with Crippen LogP contribution in [0.2, 0.25) is 0 Å². The Kier molecular flexibility index (Phi) is 5.71. The van der Waals surface area contributed by atoms with E-state index in [2.05, 4.69) is 34.6 Å². The Bertz CT molecular complexity index is 545. The van der Waals surface area contributed by atoms with Gasteiger partial charge in [-0.15, -0.1) is 0 Å². The summed E-state index contributed by atoms with van der Waals surface area (Å²) in [4.78, 5) is 0. The van der Waals surface area contributed by atoms with Gasteiger partial charge in [-0.05, 0) is 80.5 Å². The number of hydrogen-bond donors (Lipinski definition) is 0. The maximum atomic E-state index is 7.02. The average Bonchev–Trinajstić information content (AvgIpc) is 3.25. The van der Waals surface area contributed by atoms with Crippen molar-refractivity contribution in [3.05, 3.63) is 0 Å². The Morgan fingerprint density at radius 3 is 2.07 bits per heavy atom. The first-order valence-corrected chi connectivity index (χ1v) is 12.5. The highest BCUT2D eigenvalue weighted by Crippen LogP contribution is 2.62. The van der Waals surface area contributed by atoms with E-state index < -0.39 is 0 Å². The van der Waals surface area contributed by atoms with Crippen molar-refractivity contribution < 1.29 is 9.47 Å². The van der Waals surface area contributed by atoms with Gasteiger partial charge >= 0.3 is 0 Å². The first kappa shape index (κ1) is 21.2. The minimum atomic E-state index is 0.315. The highest BCUT2D eigenvalue weighted by Gasteiger charge is 2.59. The predicted octanol–water partition coefficient (Wildman–Crippen LogP) is 7.15. The number of rotatable bonds is 5. The second kappa shape index (κ2) is 7.56. The van der Waals surface area contributed by atoms with Gasteiger partial charge in [0.15, 0.2) is 0 Å². The molecular weight excluding hydrogens is 344 g/mol. The lowest BCUT2D eigenvalue weighted by molar-refractivity contribution is -0.128. The van der Waals surface area contributed by atoms with Gasteiger partial charge in [0.1, 0.15) is 0 Å². The van der Waals surface area contributed by atoms with E-state index in [1.807, 2.05) is 0 Å². The molecule has 4 fully saturated rings. The molecule has 0 heterocycles. The summed E-state index contributed by atoms with van der Waals surface area (Å²) in [7, 11) is 0. The zero-order valence-electron chi connectivity index (χ0n) is 19.4. The molecule has 0 radical (unpaired) electrons. The van der Waals surface area contributed by atoms with Crippen molar-refractivity contribution in [2.24, 2.45) is 27.6 Å². The minimum Gasteiger partial charge on any atom is -0.377 e. The van der Waals surface area contributed by atoms with E-state index in [1.165, 1.54) is 77.0 Å². The van der Waals surface area contributed by atoms with E-state index in [9.17, 15) is 0 Å². The van der Waals surface area contributed by atoms with Gasteiger partial charge in [-0.2, -0.15) is 0 Å². The van der Waals surface area contributed by atoms with Crippen LogP contribution in [0.5, 0.6) is 0 Å². The fourth-order valence-corrected chi connectivity index (χ4v) is 8.29. The summed E-state index contributed by atoms with van der Waals surface area (Å²) in [6.45, 7) is 13.8. The third kappa shape index (κ3) is 3.39. The number of hydrogen-bond acceptors (Lipinski definition) is 2. The van der Waals surface area contributed by atoms with Crippen molar-refractivity contribution in [1.82, 2.24) is 0 Å². The quantitative estimate of drug-likeness (QED) is 0.496. The smallest absolute Gasteiger partial charge is 0.0685 e. The molecule has 0 amide bonds. The second-order valence-corrected chi connectivity index (χ2v) is 12.3. The SMILES string of the molecule is CCOC1C(C)(C)CCC12CCC[C@@H]2COC1C(C)(C)CCC12CCCCC2. The van der Waals surface area contributed by atoms with Gasteiger partial charge < -0.3 is 9.47 Å². The van der Waals surface area contributed by atoms with E-state index >= 15 is 0 Å². The Morgan fingerprint density at radius 1 is 0.679 bits per heavy atom. The van der Waals surface area contributed by atoms with E-state index in [0.29, 0.717) is 39.8 Å².